The summed E-state index contributed by atoms with van der Waals surface area (Å²) in [4.78, 5) is 35.0. The molecule has 0 unspecified atom stereocenters. The van der Waals surface area contributed by atoms with Crippen LogP contribution in [-0.4, -0.2) is 82.7 Å². The van der Waals surface area contributed by atoms with Gasteiger partial charge in [-0.15, -0.1) is 0 Å². The van der Waals surface area contributed by atoms with Crippen LogP contribution in [0.25, 0.3) is 21.5 Å². The van der Waals surface area contributed by atoms with Crippen molar-refractivity contribution in [3.8, 4) is 0 Å². The van der Waals surface area contributed by atoms with Crippen LogP contribution in [0.5, 0.6) is 0 Å². The maximum absolute atomic E-state index is 14.1. The van der Waals surface area contributed by atoms with Crippen LogP contribution < -0.4 is 204 Å². The summed E-state index contributed by atoms with van der Waals surface area (Å²) in [7, 11) is -27.8. The molecule has 4 amide bonds. The Labute approximate surface area is 577 Å². The van der Waals surface area contributed by atoms with Gasteiger partial charge in [0.05, 0.1) is 47.9 Å². The first kappa shape index (κ1) is 76.8. The van der Waals surface area contributed by atoms with Gasteiger partial charge in [0.25, 0.3) is 11.8 Å². The van der Waals surface area contributed by atoms with E-state index in [4.69, 9.17) is 0 Å². The Hall–Kier alpha value is -0.170. The number of carbonyl (C=O) groups is 3. The molecule has 0 radical (unpaired) electrons. The summed E-state index contributed by atoms with van der Waals surface area (Å²) in [5.41, 5.74) is -0.0790. The zero-order valence-corrected chi connectivity index (χ0v) is 59.3. The Morgan fingerprint density at radius 1 is 0.468 bits per heavy atom. The number of hydrogen-bond acceptors (Lipinski definition) is 22. The van der Waals surface area contributed by atoms with Crippen molar-refractivity contribution >= 4 is 125 Å². The molecule has 0 aliphatic carbocycles. The molecule has 6 rings (SSSR count). The second-order valence-corrected chi connectivity index (χ2v) is 22.8. The molecular formula is C40H30N4Na6O21S6. The molecule has 25 nitrogen and oxygen atoms in total. The van der Waals surface area contributed by atoms with Crippen molar-refractivity contribution in [2.75, 3.05) is 21.3 Å². The average molecular weight is 1230 g/mol. The molecule has 0 saturated carbocycles. The molecule has 0 saturated heterocycles. The fourth-order valence-corrected chi connectivity index (χ4v) is 11.6. The van der Waals surface area contributed by atoms with E-state index in [1.54, 1.807) is 6.92 Å². The van der Waals surface area contributed by atoms with E-state index in [-0.39, 0.29) is 240 Å². The van der Waals surface area contributed by atoms with Crippen molar-refractivity contribution in [2.24, 2.45) is 0 Å². The number of urea groups is 1. The second-order valence-electron chi connectivity index (χ2n) is 15.3. The molecule has 37 heteroatoms. The molecule has 0 aliphatic heterocycles. The van der Waals surface area contributed by atoms with Crippen LogP contribution in [0.2, 0.25) is 0 Å². The van der Waals surface area contributed by atoms with Crippen molar-refractivity contribution in [2.45, 2.75) is 64.0 Å². The van der Waals surface area contributed by atoms with E-state index in [2.05, 4.69) is 30.6 Å². The van der Waals surface area contributed by atoms with Crippen molar-refractivity contribution in [1.82, 2.24) is 0 Å². The number of benzene rings is 6. The van der Waals surface area contributed by atoms with E-state index in [1.165, 1.54) is 39.8 Å². The third kappa shape index (κ3) is 17.9. The van der Waals surface area contributed by atoms with Crippen molar-refractivity contribution in [3.63, 3.8) is 0 Å². The van der Waals surface area contributed by atoms with Gasteiger partial charge in [-0.3, -0.25) is 14.6 Å². The largest absolute Gasteiger partial charge is 1.00 e. The van der Waals surface area contributed by atoms with Crippen molar-refractivity contribution in [3.05, 3.63) is 106 Å². The number of anilines is 4. The van der Waals surface area contributed by atoms with E-state index < -0.39 is 126 Å². The Balaban J connectivity index is 0.00000963. The smallest absolute Gasteiger partial charge is 0.744 e. The summed E-state index contributed by atoms with van der Waals surface area (Å²) in [6, 6.07) is 8.09. The summed E-state index contributed by atoms with van der Waals surface area (Å²) >= 11 is 0.0693. The monoisotopic (exact) mass is 1230 g/mol. The van der Waals surface area contributed by atoms with Gasteiger partial charge < -0.3 is 49.3 Å². The van der Waals surface area contributed by atoms with Gasteiger partial charge in [-0.05, 0) is 117 Å². The van der Waals surface area contributed by atoms with E-state index >= 15 is 0 Å². The normalized spacial score (nSPS) is 11.5. The van der Waals surface area contributed by atoms with Gasteiger partial charge in [0.1, 0.15) is 50.6 Å². The number of hydrogen-bond donors (Lipinski definition) is 4. The standard InChI is InChI=1S/C40H36N4O21S6.6Na/c1-17-10-18(2)29(16-24(17)38(45)41-27-6-9-31(69(55,56)57)26-14-23(67(49,50)51)15-33(36(26)27)71(61,62)63)43-40(47)44-37-20(4)11-19(3)34(21(37)5)39(46)42-28-7-8-30(68(52,53)54)25-12-22(66-65-64-48)13-32(35(25)28)70(58,59)60;;;;;;/h6-16,48H,1-5H3,(H,41,45)(H,42,46)(H2,43,44,47)(H,49,50,51)(H,52,53,54)(H,55,56,57)(H,58,59,60)(H,61,62,63);;;;;;/q;6*+1/p-6. The molecule has 0 spiro atoms. The molecule has 0 aliphatic rings. The Kier molecular flexibility index (Phi) is 29.5. The maximum Gasteiger partial charge on any atom is 1.00 e. The molecule has 4 N–H and O–H groups in total. The number of rotatable bonds is 14. The van der Waals surface area contributed by atoms with E-state index in [0.29, 0.717) is 29.3 Å². The minimum Gasteiger partial charge on any atom is -0.744 e. The molecule has 378 valence electrons. The average Bonchev–Trinajstić information content (AvgIpc) is 3.22. The van der Waals surface area contributed by atoms with Gasteiger partial charge in [-0.25, -0.2) is 46.9 Å². The predicted octanol–water partition coefficient (Wildman–Crippen LogP) is -14.5. The zero-order chi connectivity index (χ0) is 53.1. The Morgan fingerprint density at radius 3 is 1.39 bits per heavy atom. The number of amides is 4. The number of nitrogens with one attached hydrogen (secondary N) is 4. The summed E-state index contributed by atoms with van der Waals surface area (Å²) in [5.74, 6) is -2.07. The Morgan fingerprint density at radius 2 is 0.922 bits per heavy atom. The van der Waals surface area contributed by atoms with Gasteiger partial charge in [0.15, 0.2) is 0 Å². The zero-order valence-electron chi connectivity index (χ0n) is 42.4. The van der Waals surface area contributed by atoms with E-state index in [1.807, 2.05) is 0 Å². The van der Waals surface area contributed by atoms with Crippen molar-refractivity contribution in [1.29, 1.82) is 0 Å². The van der Waals surface area contributed by atoms with Crippen LogP contribution in [0.4, 0.5) is 27.5 Å². The topological polar surface area (TPSA) is 427 Å². The summed E-state index contributed by atoms with van der Waals surface area (Å²) in [6.45, 7) is 7.44. The van der Waals surface area contributed by atoms with Crippen LogP contribution in [-0.2, 0) is 60.0 Å². The molecule has 6 aromatic carbocycles. The van der Waals surface area contributed by atoms with Crippen LogP contribution in [0.1, 0.15) is 48.5 Å². The third-order valence-corrected chi connectivity index (χ3v) is 15.4. The van der Waals surface area contributed by atoms with Crippen LogP contribution in [0, 0.1) is 34.6 Å². The van der Waals surface area contributed by atoms with E-state index in [9.17, 15) is 84.5 Å². The summed E-state index contributed by atoms with van der Waals surface area (Å²) in [5, 5.41) is 20.2. The first-order chi connectivity index (χ1) is 32.6. The fourth-order valence-electron chi connectivity index (χ4n) is 7.67. The molecule has 6 aromatic rings. The molecular weight excluding hydrogens is 1200 g/mol. The minimum atomic E-state index is -5.76. The third-order valence-electron chi connectivity index (χ3n) is 10.5. The molecule has 77 heavy (non-hydrogen) atoms. The van der Waals surface area contributed by atoms with Crippen molar-refractivity contribution < 1.29 is 271 Å². The quantitative estimate of drug-likeness (QED) is 0.0259. The molecule has 0 fully saturated rings. The fraction of sp³-hybridized carbons (Fsp3) is 0.125. The molecule has 0 heterocycles. The first-order valence-corrected chi connectivity index (χ1v) is 27.0. The van der Waals surface area contributed by atoms with Gasteiger partial charge in [0, 0.05) is 48.9 Å². The summed E-state index contributed by atoms with van der Waals surface area (Å²) in [6.07, 6.45) is 0. The molecule has 0 bridgehead atoms. The van der Waals surface area contributed by atoms with Crippen LogP contribution in [0.3, 0.4) is 0 Å². The second kappa shape index (κ2) is 29.6. The first-order valence-electron chi connectivity index (χ1n) is 19.2. The minimum absolute atomic E-state index is 0. The van der Waals surface area contributed by atoms with Gasteiger partial charge >= 0.3 is 183 Å². The summed E-state index contributed by atoms with van der Waals surface area (Å²) < 4.78 is 188. The Bertz CT molecular complexity index is 3930. The van der Waals surface area contributed by atoms with Crippen LogP contribution in [0.15, 0.2) is 96.1 Å². The number of aryl methyl sites for hydroxylation is 4. The molecule has 0 atom stereocenters. The SMILES string of the molecule is Cc1cc(C)c(C(=O)Nc2ccc(S(=O)(=O)[O-])c3cc(S(=O)(=O)[O-])cc(S(=O)(=O)[O-])c23)cc1NC(=O)Nc1c(C)cc(C)c(C(=O)Nc2ccc(S(=O)(=O)[O-])c3cc(SOO[O-])cc(S(=O)(=O)[O-])c23)c1C.[Na+].[Na+].[Na+].[Na+].[Na+].[Na+]. The number of fused-ring (bicyclic) bond motifs is 2. The predicted molar refractivity (Wildman–Crippen MR) is 241 cm³/mol. The number of carbonyl (C=O) groups excluding carboxylic acids is 3. The van der Waals surface area contributed by atoms with Gasteiger partial charge in [-0.2, -0.15) is 4.33 Å². The van der Waals surface area contributed by atoms with Gasteiger partial charge in [0.2, 0.25) is 0 Å². The van der Waals surface area contributed by atoms with Gasteiger partial charge in [-0.1, -0.05) is 12.1 Å². The van der Waals surface area contributed by atoms with E-state index in [0.717, 1.165) is 30.3 Å². The molecule has 0 aromatic heterocycles. The maximum atomic E-state index is 14.1. The van der Waals surface area contributed by atoms with Crippen LogP contribution >= 0.6 is 12.0 Å².